The molecule has 0 heterocycles. The van der Waals surface area contributed by atoms with Gasteiger partial charge in [-0.1, -0.05) is 42.1 Å². The molecule has 1 aromatic rings. The van der Waals surface area contributed by atoms with Gasteiger partial charge in [0.05, 0.1) is 10.0 Å². The number of carbonyl (C=O) groups excluding carboxylic acids is 3. The number of imide groups is 1. The van der Waals surface area contributed by atoms with E-state index in [1.165, 1.54) is 6.08 Å². The van der Waals surface area contributed by atoms with Crippen molar-refractivity contribution >= 4 is 47.2 Å². The van der Waals surface area contributed by atoms with E-state index >= 15 is 0 Å². The average Bonchev–Trinajstić information content (AvgIpc) is 3.06. The van der Waals surface area contributed by atoms with E-state index in [9.17, 15) is 14.4 Å². The number of benzene rings is 1. The molecule has 0 aromatic heterocycles. The Morgan fingerprint density at radius 2 is 1.88 bits per heavy atom. The molecular formula is C17H18Cl2N2O4. The molecule has 0 spiro atoms. The Morgan fingerprint density at radius 1 is 1.16 bits per heavy atom. The number of nitrogens with one attached hydrogen (secondary N) is 2. The average molecular weight is 385 g/mol. The van der Waals surface area contributed by atoms with Crippen LogP contribution >= 0.6 is 23.2 Å². The molecule has 0 bridgehead atoms. The number of hydrogen-bond acceptors (Lipinski definition) is 4. The first-order chi connectivity index (χ1) is 11.9. The molecule has 0 aliphatic heterocycles. The van der Waals surface area contributed by atoms with Crippen LogP contribution in [0.15, 0.2) is 24.3 Å². The van der Waals surface area contributed by atoms with Crippen molar-refractivity contribution in [2.45, 2.75) is 31.7 Å². The highest BCUT2D eigenvalue weighted by Gasteiger charge is 2.18. The van der Waals surface area contributed by atoms with Gasteiger partial charge in [-0.25, -0.2) is 9.59 Å². The third-order valence-electron chi connectivity index (χ3n) is 3.64. The van der Waals surface area contributed by atoms with Crippen molar-refractivity contribution < 1.29 is 19.1 Å². The van der Waals surface area contributed by atoms with Crippen LogP contribution in [0, 0.1) is 0 Å². The molecule has 3 amide bonds. The van der Waals surface area contributed by atoms with Crippen molar-refractivity contribution in [3.63, 3.8) is 0 Å². The highest BCUT2D eigenvalue weighted by atomic mass is 35.5. The molecule has 1 aromatic carbocycles. The van der Waals surface area contributed by atoms with Crippen molar-refractivity contribution in [3.8, 4) is 0 Å². The second kappa shape index (κ2) is 9.44. The molecule has 1 aliphatic carbocycles. The fourth-order valence-corrected chi connectivity index (χ4v) is 2.73. The summed E-state index contributed by atoms with van der Waals surface area (Å²) in [4.78, 5) is 34.8. The fourth-order valence-electron chi connectivity index (χ4n) is 2.42. The standard InChI is InChI=1S/C17H18Cl2N2O4/c18-13-7-5-11(9-14(13)19)6-8-16(23)25-10-15(22)21-17(24)20-12-3-1-2-4-12/h5-9,12H,1-4,10H2,(H2,20,21,22,24)/b8-6+. The summed E-state index contributed by atoms with van der Waals surface area (Å²) in [6.45, 7) is -0.539. The van der Waals surface area contributed by atoms with E-state index in [0.717, 1.165) is 31.8 Å². The molecule has 1 fully saturated rings. The summed E-state index contributed by atoms with van der Waals surface area (Å²) in [5, 5.41) is 5.61. The van der Waals surface area contributed by atoms with Crippen LogP contribution in [0.4, 0.5) is 4.79 Å². The molecule has 0 atom stereocenters. The molecule has 1 saturated carbocycles. The molecule has 25 heavy (non-hydrogen) atoms. The van der Waals surface area contributed by atoms with Gasteiger partial charge in [-0.05, 0) is 36.6 Å². The van der Waals surface area contributed by atoms with Crippen LogP contribution < -0.4 is 10.6 Å². The number of amides is 3. The van der Waals surface area contributed by atoms with E-state index in [1.54, 1.807) is 18.2 Å². The maximum absolute atomic E-state index is 11.6. The van der Waals surface area contributed by atoms with Gasteiger partial charge in [0.1, 0.15) is 0 Å². The zero-order valence-corrected chi connectivity index (χ0v) is 14.9. The summed E-state index contributed by atoms with van der Waals surface area (Å²) >= 11 is 11.7. The van der Waals surface area contributed by atoms with Gasteiger partial charge in [-0.3, -0.25) is 10.1 Å². The van der Waals surface area contributed by atoms with Crippen molar-refractivity contribution in [2.24, 2.45) is 0 Å². The second-order valence-corrected chi connectivity index (χ2v) is 6.43. The number of carbonyl (C=O) groups is 3. The Kier molecular flexibility index (Phi) is 7.28. The quantitative estimate of drug-likeness (QED) is 0.602. The van der Waals surface area contributed by atoms with Gasteiger partial charge < -0.3 is 10.1 Å². The molecule has 1 aliphatic rings. The first-order valence-corrected chi connectivity index (χ1v) is 8.60. The lowest BCUT2D eigenvalue weighted by Crippen LogP contribution is -2.44. The third-order valence-corrected chi connectivity index (χ3v) is 4.38. The number of esters is 1. The van der Waals surface area contributed by atoms with E-state index in [2.05, 4.69) is 10.6 Å². The summed E-state index contributed by atoms with van der Waals surface area (Å²) in [6, 6.07) is 4.40. The van der Waals surface area contributed by atoms with Crippen molar-refractivity contribution in [2.75, 3.05) is 6.61 Å². The number of ether oxygens (including phenoxy) is 1. The van der Waals surface area contributed by atoms with E-state index in [-0.39, 0.29) is 6.04 Å². The number of urea groups is 1. The van der Waals surface area contributed by atoms with Crippen LogP contribution in [-0.4, -0.2) is 30.6 Å². The summed E-state index contributed by atoms with van der Waals surface area (Å²) in [5.41, 5.74) is 0.659. The molecule has 0 saturated heterocycles. The lowest BCUT2D eigenvalue weighted by Gasteiger charge is -2.12. The van der Waals surface area contributed by atoms with E-state index in [0.29, 0.717) is 15.6 Å². The smallest absolute Gasteiger partial charge is 0.331 e. The monoisotopic (exact) mass is 384 g/mol. The van der Waals surface area contributed by atoms with Gasteiger partial charge in [0.2, 0.25) is 0 Å². The SMILES string of the molecule is O=C(COC(=O)/C=C/c1ccc(Cl)c(Cl)c1)NC(=O)NC1CCCC1. The summed E-state index contributed by atoms with van der Waals surface area (Å²) in [5.74, 6) is -1.40. The minimum absolute atomic E-state index is 0.101. The lowest BCUT2D eigenvalue weighted by molar-refractivity contribution is -0.143. The Bertz CT molecular complexity index is 685. The van der Waals surface area contributed by atoms with Crippen LogP contribution in [0.3, 0.4) is 0 Å². The number of hydrogen-bond donors (Lipinski definition) is 2. The Morgan fingerprint density at radius 3 is 2.56 bits per heavy atom. The molecular weight excluding hydrogens is 367 g/mol. The lowest BCUT2D eigenvalue weighted by atomic mass is 10.2. The largest absolute Gasteiger partial charge is 0.452 e. The highest BCUT2D eigenvalue weighted by Crippen LogP contribution is 2.23. The van der Waals surface area contributed by atoms with Crippen LogP contribution in [0.5, 0.6) is 0 Å². The van der Waals surface area contributed by atoms with E-state index in [4.69, 9.17) is 27.9 Å². The highest BCUT2D eigenvalue weighted by molar-refractivity contribution is 6.42. The van der Waals surface area contributed by atoms with Crippen molar-refractivity contribution in [3.05, 3.63) is 39.9 Å². The van der Waals surface area contributed by atoms with E-state index < -0.39 is 24.5 Å². The molecule has 2 N–H and O–H groups in total. The predicted molar refractivity (Wildman–Crippen MR) is 95.4 cm³/mol. The minimum atomic E-state index is -0.711. The first kappa shape index (κ1) is 19.3. The van der Waals surface area contributed by atoms with E-state index in [1.807, 2.05) is 0 Å². The Balaban J connectivity index is 1.71. The number of rotatable bonds is 5. The molecule has 8 heteroatoms. The van der Waals surface area contributed by atoms with Crippen molar-refractivity contribution in [1.82, 2.24) is 10.6 Å². The molecule has 0 unspecified atom stereocenters. The van der Waals surface area contributed by atoms with Gasteiger partial charge in [0.25, 0.3) is 5.91 Å². The fraction of sp³-hybridized carbons (Fsp3) is 0.353. The normalized spacial score (nSPS) is 14.5. The third kappa shape index (κ3) is 6.76. The van der Waals surface area contributed by atoms with Crippen molar-refractivity contribution in [1.29, 1.82) is 0 Å². The van der Waals surface area contributed by atoms with Gasteiger partial charge in [0, 0.05) is 12.1 Å². The molecule has 2 rings (SSSR count). The van der Waals surface area contributed by atoms with Gasteiger partial charge in [0.15, 0.2) is 6.61 Å². The predicted octanol–water partition coefficient (Wildman–Crippen LogP) is 3.32. The molecule has 0 radical (unpaired) electrons. The molecule has 134 valence electrons. The number of halogens is 2. The Hall–Kier alpha value is -2.05. The van der Waals surface area contributed by atoms with Gasteiger partial charge >= 0.3 is 12.0 Å². The topological polar surface area (TPSA) is 84.5 Å². The second-order valence-electron chi connectivity index (χ2n) is 5.62. The zero-order chi connectivity index (χ0) is 18.2. The molecule has 6 nitrogen and oxygen atoms in total. The van der Waals surface area contributed by atoms with Crippen LogP contribution in [0.1, 0.15) is 31.2 Å². The Labute approximate surface area is 155 Å². The summed E-state index contributed by atoms with van der Waals surface area (Å²) < 4.78 is 4.77. The summed E-state index contributed by atoms with van der Waals surface area (Å²) in [7, 11) is 0. The van der Waals surface area contributed by atoms with Gasteiger partial charge in [-0.2, -0.15) is 0 Å². The first-order valence-electron chi connectivity index (χ1n) is 7.84. The maximum Gasteiger partial charge on any atom is 0.331 e. The zero-order valence-electron chi connectivity index (χ0n) is 13.4. The van der Waals surface area contributed by atoms with Crippen LogP contribution in [-0.2, 0) is 14.3 Å². The summed E-state index contributed by atoms with van der Waals surface area (Å²) in [6.07, 6.45) is 6.61. The van der Waals surface area contributed by atoms with Crippen LogP contribution in [0.2, 0.25) is 10.0 Å². The maximum atomic E-state index is 11.6. The minimum Gasteiger partial charge on any atom is -0.452 e. The van der Waals surface area contributed by atoms with Gasteiger partial charge in [-0.15, -0.1) is 0 Å². The van der Waals surface area contributed by atoms with Crippen LogP contribution in [0.25, 0.3) is 6.08 Å².